The van der Waals surface area contributed by atoms with Gasteiger partial charge >= 0.3 is 0 Å². The minimum atomic E-state index is 0.0452. The van der Waals surface area contributed by atoms with Crippen molar-refractivity contribution in [1.82, 2.24) is 10.6 Å². The fourth-order valence-electron chi connectivity index (χ4n) is 0.912. The number of carbonyl (C=O) groups is 2. The van der Waals surface area contributed by atoms with Crippen LogP contribution < -0.4 is 10.6 Å². The lowest BCUT2D eigenvalue weighted by atomic mass is 10.3. The molecule has 0 aromatic carbocycles. The highest BCUT2D eigenvalue weighted by Gasteiger charge is 1.98. The normalized spacial score (nSPS) is 10.2. The van der Waals surface area contributed by atoms with Gasteiger partial charge in [-0.05, 0) is 18.8 Å². The summed E-state index contributed by atoms with van der Waals surface area (Å²) in [6.45, 7) is 3.21. The summed E-state index contributed by atoms with van der Waals surface area (Å²) in [7, 11) is 0. The molecule has 0 aliphatic carbocycles. The molecule has 86 valence electrons. The molecule has 0 saturated heterocycles. The third kappa shape index (κ3) is 11.0. The molecule has 0 aromatic heterocycles. The van der Waals surface area contributed by atoms with Crippen molar-refractivity contribution in [3.8, 4) is 0 Å². The maximum Gasteiger partial charge on any atom is 0.220 e. The Morgan fingerprint density at radius 1 is 1.40 bits per heavy atom. The molecule has 0 atom stereocenters. The molecule has 0 rings (SSSR count). The van der Waals surface area contributed by atoms with Gasteiger partial charge in [-0.25, -0.2) is 0 Å². The predicted molar refractivity (Wildman–Crippen MR) is 63.6 cm³/mol. The van der Waals surface area contributed by atoms with E-state index >= 15 is 0 Å². The van der Waals surface area contributed by atoms with Crippen LogP contribution in [0.5, 0.6) is 0 Å². The molecule has 2 amide bonds. The van der Waals surface area contributed by atoms with Crippen LogP contribution in [-0.2, 0) is 9.59 Å². The minimum absolute atomic E-state index is 0.0452. The van der Waals surface area contributed by atoms with Crippen LogP contribution in [0.4, 0.5) is 0 Å². The van der Waals surface area contributed by atoms with E-state index in [-0.39, 0.29) is 5.91 Å². The fourth-order valence-corrected chi connectivity index (χ4v) is 1.46. The third-order valence-electron chi connectivity index (χ3n) is 1.58. The smallest absolute Gasteiger partial charge is 0.220 e. The predicted octanol–water partition coefficient (Wildman–Crippen LogP) is 0.896. The number of hydrogen-bond acceptors (Lipinski definition) is 3. The maximum atomic E-state index is 11.2. The zero-order valence-electron chi connectivity index (χ0n) is 8.99. The van der Waals surface area contributed by atoms with Gasteiger partial charge in [0.1, 0.15) is 0 Å². The summed E-state index contributed by atoms with van der Waals surface area (Å²) in [6.07, 6.45) is 3.77. The van der Waals surface area contributed by atoms with Crippen molar-refractivity contribution in [3.63, 3.8) is 0 Å². The molecule has 4 nitrogen and oxygen atoms in total. The Balaban J connectivity index is 3.22. The average molecular weight is 230 g/mol. The quantitative estimate of drug-likeness (QED) is 0.457. The van der Waals surface area contributed by atoms with Gasteiger partial charge in [0, 0.05) is 25.3 Å². The van der Waals surface area contributed by atoms with E-state index in [0.29, 0.717) is 32.3 Å². The molecule has 0 radical (unpaired) electrons. The summed E-state index contributed by atoms with van der Waals surface area (Å²) < 4.78 is 0. The Bertz CT molecular complexity index is 208. The van der Waals surface area contributed by atoms with Crippen LogP contribution in [0.25, 0.3) is 0 Å². The second-order valence-corrected chi connectivity index (χ2v) is 3.88. The first-order valence-electron chi connectivity index (χ1n) is 4.97. The monoisotopic (exact) mass is 230 g/mol. The van der Waals surface area contributed by atoms with Crippen molar-refractivity contribution in [2.45, 2.75) is 19.8 Å². The van der Waals surface area contributed by atoms with Gasteiger partial charge in [-0.3, -0.25) is 9.59 Å². The first-order chi connectivity index (χ1) is 7.31. The maximum absolute atomic E-state index is 11.2. The highest BCUT2D eigenvalue weighted by Crippen LogP contribution is 1.99. The molecule has 0 aromatic rings. The zero-order valence-corrected chi connectivity index (χ0v) is 9.81. The Kier molecular flexibility index (Phi) is 10.4. The SMILES string of the molecule is CC=CSCCNC(=O)CCCNC=O. The number of allylic oxidation sites excluding steroid dienone is 1. The average Bonchev–Trinajstić information content (AvgIpc) is 2.24. The molecular weight excluding hydrogens is 212 g/mol. The molecule has 2 N–H and O–H groups in total. The topological polar surface area (TPSA) is 58.2 Å². The lowest BCUT2D eigenvalue weighted by Crippen LogP contribution is -2.26. The number of amides is 2. The van der Waals surface area contributed by atoms with Crippen molar-refractivity contribution < 1.29 is 9.59 Å². The summed E-state index contributed by atoms with van der Waals surface area (Å²) in [5.41, 5.74) is 0. The largest absolute Gasteiger partial charge is 0.359 e. The van der Waals surface area contributed by atoms with Crippen LogP contribution in [0, 0.1) is 0 Å². The first kappa shape index (κ1) is 14.0. The highest BCUT2D eigenvalue weighted by molar-refractivity contribution is 8.02. The molecule has 0 spiro atoms. The van der Waals surface area contributed by atoms with E-state index in [1.165, 1.54) is 0 Å². The van der Waals surface area contributed by atoms with Gasteiger partial charge in [-0.15, -0.1) is 11.8 Å². The summed E-state index contributed by atoms with van der Waals surface area (Å²) in [4.78, 5) is 21.1. The second-order valence-electron chi connectivity index (χ2n) is 2.87. The second kappa shape index (κ2) is 11.1. The molecule has 0 aliphatic rings. The van der Waals surface area contributed by atoms with Gasteiger partial charge in [-0.1, -0.05) is 6.08 Å². The number of nitrogens with one attached hydrogen (secondary N) is 2. The summed E-state index contributed by atoms with van der Waals surface area (Å²) in [6, 6.07) is 0. The van der Waals surface area contributed by atoms with E-state index < -0.39 is 0 Å². The van der Waals surface area contributed by atoms with Crippen molar-refractivity contribution in [3.05, 3.63) is 11.5 Å². The summed E-state index contributed by atoms with van der Waals surface area (Å²) in [5.74, 6) is 0.937. The number of rotatable bonds is 9. The van der Waals surface area contributed by atoms with E-state index in [1.54, 1.807) is 11.8 Å². The Hall–Kier alpha value is -0.970. The van der Waals surface area contributed by atoms with Crippen molar-refractivity contribution in [2.75, 3.05) is 18.8 Å². The zero-order chi connectivity index (χ0) is 11.4. The van der Waals surface area contributed by atoms with Crippen LogP contribution in [0.2, 0.25) is 0 Å². The molecule has 15 heavy (non-hydrogen) atoms. The Morgan fingerprint density at radius 2 is 2.20 bits per heavy atom. The van der Waals surface area contributed by atoms with E-state index in [1.807, 2.05) is 18.4 Å². The molecule has 0 fully saturated rings. The van der Waals surface area contributed by atoms with E-state index in [9.17, 15) is 9.59 Å². The first-order valence-corrected chi connectivity index (χ1v) is 6.02. The standard InChI is InChI=1S/C10H18N2O2S/c1-2-7-15-8-6-12-10(14)4-3-5-11-9-13/h2,7,9H,3-6,8H2,1H3,(H,11,13)(H,12,14). The Labute approximate surface area is 94.9 Å². The summed E-state index contributed by atoms with van der Waals surface area (Å²) in [5, 5.41) is 7.32. The number of carbonyl (C=O) groups excluding carboxylic acids is 2. The van der Waals surface area contributed by atoms with Gasteiger partial charge in [-0.2, -0.15) is 0 Å². The molecule has 0 saturated carbocycles. The van der Waals surface area contributed by atoms with E-state index in [0.717, 1.165) is 5.75 Å². The lowest BCUT2D eigenvalue weighted by Gasteiger charge is -2.03. The molecule has 0 aliphatic heterocycles. The molecule has 5 heteroatoms. The van der Waals surface area contributed by atoms with Crippen LogP contribution in [0.15, 0.2) is 11.5 Å². The summed E-state index contributed by atoms with van der Waals surface area (Å²) >= 11 is 1.67. The van der Waals surface area contributed by atoms with Crippen LogP contribution >= 0.6 is 11.8 Å². The fraction of sp³-hybridized carbons (Fsp3) is 0.600. The Morgan fingerprint density at radius 3 is 2.87 bits per heavy atom. The van der Waals surface area contributed by atoms with Gasteiger partial charge in [0.15, 0.2) is 0 Å². The van der Waals surface area contributed by atoms with Crippen molar-refractivity contribution >= 4 is 24.1 Å². The third-order valence-corrected chi connectivity index (χ3v) is 2.49. The van der Waals surface area contributed by atoms with Crippen LogP contribution in [0.3, 0.4) is 0 Å². The van der Waals surface area contributed by atoms with Crippen LogP contribution in [0.1, 0.15) is 19.8 Å². The van der Waals surface area contributed by atoms with Crippen molar-refractivity contribution in [1.29, 1.82) is 0 Å². The van der Waals surface area contributed by atoms with Gasteiger partial charge in [0.2, 0.25) is 12.3 Å². The lowest BCUT2D eigenvalue weighted by molar-refractivity contribution is -0.121. The van der Waals surface area contributed by atoms with Gasteiger partial charge in [0.05, 0.1) is 0 Å². The van der Waals surface area contributed by atoms with Crippen molar-refractivity contribution in [2.24, 2.45) is 0 Å². The minimum Gasteiger partial charge on any atom is -0.359 e. The molecule has 0 unspecified atom stereocenters. The molecule has 0 heterocycles. The molecular formula is C10H18N2O2S. The highest BCUT2D eigenvalue weighted by atomic mass is 32.2. The van der Waals surface area contributed by atoms with E-state index in [2.05, 4.69) is 10.6 Å². The van der Waals surface area contributed by atoms with Crippen LogP contribution in [-0.4, -0.2) is 31.2 Å². The van der Waals surface area contributed by atoms with E-state index in [4.69, 9.17) is 0 Å². The number of hydrogen-bond donors (Lipinski definition) is 2. The van der Waals surface area contributed by atoms with Gasteiger partial charge in [0.25, 0.3) is 0 Å². The number of thioether (sulfide) groups is 1. The molecule has 0 bridgehead atoms. The van der Waals surface area contributed by atoms with Gasteiger partial charge < -0.3 is 10.6 Å².